The van der Waals surface area contributed by atoms with E-state index < -0.39 is 11.9 Å². The number of nitrogens with zero attached hydrogens (tertiary/aromatic N) is 1. The number of esters is 1. The number of anilines is 1. The predicted molar refractivity (Wildman–Crippen MR) is 139 cm³/mol. The second kappa shape index (κ2) is 10.3. The average Bonchev–Trinajstić information content (AvgIpc) is 3.26. The Morgan fingerprint density at radius 1 is 0.861 bits per heavy atom. The van der Waals surface area contributed by atoms with Crippen molar-refractivity contribution in [1.29, 1.82) is 0 Å². The maximum absolute atomic E-state index is 13.2. The zero-order chi connectivity index (χ0) is 25.1. The van der Waals surface area contributed by atoms with Crippen LogP contribution in [0.3, 0.4) is 0 Å². The maximum atomic E-state index is 13.2. The molecule has 1 atom stereocenters. The van der Waals surface area contributed by atoms with Crippen molar-refractivity contribution in [2.75, 3.05) is 12.4 Å². The number of fused-ring (bicyclic) bond motifs is 1. The van der Waals surface area contributed by atoms with Gasteiger partial charge in [-0.05, 0) is 60.4 Å². The minimum absolute atomic E-state index is 0.113. The number of methoxy groups -OCH3 is 1. The summed E-state index contributed by atoms with van der Waals surface area (Å²) in [6, 6.07) is 22.0. The van der Waals surface area contributed by atoms with Crippen molar-refractivity contribution in [1.82, 2.24) is 0 Å². The monoisotopic (exact) mass is 480 g/mol. The van der Waals surface area contributed by atoms with Gasteiger partial charge in [0.2, 0.25) is 5.91 Å². The summed E-state index contributed by atoms with van der Waals surface area (Å²) < 4.78 is 4.81. The molecule has 1 amide bonds. The molecule has 0 saturated heterocycles. The van der Waals surface area contributed by atoms with Gasteiger partial charge in [0.05, 0.1) is 24.1 Å². The number of hydrogen-bond acceptors (Lipinski definition) is 5. The Labute approximate surface area is 210 Å². The van der Waals surface area contributed by atoms with Gasteiger partial charge in [-0.25, -0.2) is 4.79 Å². The summed E-state index contributed by atoms with van der Waals surface area (Å²) in [4.78, 5) is 42.9. The van der Waals surface area contributed by atoms with Gasteiger partial charge in [0.1, 0.15) is 5.92 Å². The maximum Gasteiger partial charge on any atom is 0.337 e. The first-order chi connectivity index (χ1) is 17.5. The number of nitrogens with one attached hydrogen (secondary N) is 1. The molecule has 36 heavy (non-hydrogen) atoms. The fourth-order valence-electron chi connectivity index (χ4n) is 5.12. The first-order valence-electron chi connectivity index (χ1n) is 12.4. The fourth-order valence-corrected chi connectivity index (χ4v) is 5.12. The van der Waals surface area contributed by atoms with E-state index in [1.807, 2.05) is 54.6 Å². The first-order valence-corrected chi connectivity index (χ1v) is 12.4. The molecule has 6 heteroatoms. The number of aliphatic imine (C=N–C) groups is 1. The third kappa shape index (κ3) is 4.71. The fraction of sp³-hybridized carbons (Fsp3) is 0.267. The van der Waals surface area contributed by atoms with Gasteiger partial charge < -0.3 is 10.1 Å². The molecule has 1 N–H and O–H groups in total. The molecular weight excluding hydrogens is 452 g/mol. The smallest absolute Gasteiger partial charge is 0.337 e. The summed E-state index contributed by atoms with van der Waals surface area (Å²) in [5, 5.41) is 2.89. The third-order valence-electron chi connectivity index (χ3n) is 7.03. The molecule has 1 heterocycles. The molecule has 1 aliphatic heterocycles. The highest BCUT2D eigenvalue weighted by atomic mass is 16.5. The van der Waals surface area contributed by atoms with E-state index in [9.17, 15) is 14.4 Å². The summed E-state index contributed by atoms with van der Waals surface area (Å²) >= 11 is 0. The lowest BCUT2D eigenvalue weighted by Gasteiger charge is -2.20. The first kappa shape index (κ1) is 23.7. The molecule has 1 unspecified atom stereocenters. The van der Waals surface area contributed by atoms with Crippen molar-refractivity contribution in [3.63, 3.8) is 0 Å². The Morgan fingerprint density at radius 3 is 2.25 bits per heavy atom. The molecule has 0 radical (unpaired) electrons. The Balaban J connectivity index is 1.50. The summed E-state index contributed by atoms with van der Waals surface area (Å²) in [6.45, 7) is 0. The molecular formula is C30H28N2O4. The zero-order valence-corrected chi connectivity index (χ0v) is 20.2. The van der Waals surface area contributed by atoms with Gasteiger partial charge in [-0.1, -0.05) is 55.7 Å². The molecule has 0 aromatic heterocycles. The number of rotatable bonds is 6. The number of carbonyl (C=O) groups is 3. The van der Waals surface area contributed by atoms with E-state index in [0.29, 0.717) is 28.2 Å². The summed E-state index contributed by atoms with van der Waals surface area (Å²) in [7, 11) is 1.32. The average molecular weight is 481 g/mol. The van der Waals surface area contributed by atoms with Crippen LogP contribution in [0.5, 0.6) is 0 Å². The van der Waals surface area contributed by atoms with Crippen molar-refractivity contribution in [2.45, 2.75) is 38.0 Å². The van der Waals surface area contributed by atoms with Crippen LogP contribution >= 0.6 is 0 Å². The van der Waals surface area contributed by atoms with Crippen molar-refractivity contribution in [2.24, 2.45) is 10.9 Å². The number of carbonyl (C=O) groups excluding carboxylic acids is 3. The van der Waals surface area contributed by atoms with Crippen LogP contribution in [0.4, 0.5) is 11.4 Å². The molecule has 3 aromatic carbocycles. The molecule has 0 spiro atoms. The van der Waals surface area contributed by atoms with Crippen LogP contribution in [0.1, 0.15) is 69.9 Å². The van der Waals surface area contributed by atoms with Gasteiger partial charge in [0.15, 0.2) is 5.78 Å². The largest absolute Gasteiger partial charge is 0.465 e. The lowest BCUT2D eigenvalue weighted by atomic mass is 9.84. The van der Waals surface area contributed by atoms with Crippen LogP contribution in [0.15, 0.2) is 77.8 Å². The molecule has 182 valence electrons. The van der Waals surface area contributed by atoms with E-state index in [4.69, 9.17) is 9.73 Å². The Hall–Kier alpha value is -4.06. The van der Waals surface area contributed by atoms with Crippen LogP contribution in [-0.2, 0) is 9.53 Å². The lowest BCUT2D eigenvalue weighted by molar-refractivity contribution is -0.115. The summed E-state index contributed by atoms with van der Waals surface area (Å²) in [5.41, 5.74) is 4.50. The van der Waals surface area contributed by atoms with Crippen LogP contribution in [0, 0.1) is 5.92 Å². The summed E-state index contributed by atoms with van der Waals surface area (Å²) in [5.74, 6) is -0.993. The van der Waals surface area contributed by atoms with Crippen molar-refractivity contribution < 1.29 is 19.1 Å². The number of ether oxygens (including phenoxy) is 1. The van der Waals surface area contributed by atoms with E-state index in [1.54, 1.807) is 18.2 Å². The van der Waals surface area contributed by atoms with Gasteiger partial charge in [-0.2, -0.15) is 0 Å². The summed E-state index contributed by atoms with van der Waals surface area (Å²) in [6.07, 6.45) is 5.37. The molecule has 6 nitrogen and oxygen atoms in total. The predicted octanol–water partition coefficient (Wildman–Crippen LogP) is 6.09. The normalized spacial score (nSPS) is 17.9. The van der Waals surface area contributed by atoms with E-state index >= 15 is 0 Å². The van der Waals surface area contributed by atoms with Gasteiger partial charge in [0, 0.05) is 17.2 Å². The van der Waals surface area contributed by atoms with Gasteiger partial charge in [-0.15, -0.1) is 0 Å². The Bertz CT molecular complexity index is 1320. The van der Waals surface area contributed by atoms with E-state index in [2.05, 4.69) is 5.32 Å². The van der Waals surface area contributed by atoms with Crippen LogP contribution in [0.2, 0.25) is 0 Å². The molecule has 3 aromatic rings. The molecule has 2 aliphatic rings. The molecule has 5 rings (SSSR count). The van der Waals surface area contributed by atoms with Crippen molar-refractivity contribution >= 4 is 34.7 Å². The lowest BCUT2D eigenvalue weighted by Crippen LogP contribution is -2.22. The molecule has 1 aliphatic carbocycles. The highest BCUT2D eigenvalue weighted by molar-refractivity contribution is 6.24. The van der Waals surface area contributed by atoms with Gasteiger partial charge in [-0.3, -0.25) is 14.6 Å². The van der Waals surface area contributed by atoms with Crippen LogP contribution in [-0.4, -0.2) is 30.5 Å². The van der Waals surface area contributed by atoms with Gasteiger partial charge in [0.25, 0.3) is 0 Å². The second-order valence-electron chi connectivity index (χ2n) is 9.33. The number of amides is 1. The molecule has 1 saturated carbocycles. The minimum Gasteiger partial charge on any atom is -0.465 e. The number of benzene rings is 3. The van der Waals surface area contributed by atoms with E-state index in [0.717, 1.165) is 36.8 Å². The number of hydrogen-bond donors (Lipinski definition) is 1. The number of ketones is 1. The Kier molecular flexibility index (Phi) is 6.76. The quantitative estimate of drug-likeness (QED) is 0.263. The number of Topliss-reactive ketones (excluding diaryl/α,β-unsaturated/α-hetero) is 1. The van der Waals surface area contributed by atoms with E-state index in [1.165, 1.54) is 13.5 Å². The second-order valence-corrected chi connectivity index (χ2v) is 9.33. The molecule has 1 fully saturated rings. The Morgan fingerprint density at radius 2 is 1.56 bits per heavy atom. The highest BCUT2D eigenvalue weighted by Gasteiger charge is 2.36. The minimum atomic E-state index is -0.641. The van der Waals surface area contributed by atoms with Gasteiger partial charge >= 0.3 is 5.97 Å². The molecule has 0 bridgehead atoms. The van der Waals surface area contributed by atoms with E-state index in [-0.39, 0.29) is 17.6 Å². The van der Waals surface area contributed by atoms with Crippen molar-refractivity contribution in [3.8, 4) is 0 Å². The van der Waals surface area contributed by atoms with Crippen LogP contribution in [0.25, 0.3) is 0 Å². The standard InChI is InChI=1S/C30H28N2O4/c1-36-30(35)22-14-17-24-25(18-22)32-29(34)26(24)27(19-8-4-2-5-9-19)31-23-15-12-21(13-16-23)28(33)20-10-6-3-7-11-20/h2,4-5,8-9,12-18,20,26H,3,6-7,10-11H2,1H3,(H,32,34). The van der Waals surface area contributed by atoms with Crippen LogP contribution < -0.4 is 5.32 Å². The SMILES string of the molecule is COC(=O)c1ccc2c(c1)NC(=O)C2C(=Nc1ccc(C(=O)C2CCCCC2)cc1)c1ccccc1. The highest BCUT2D eigenvalue weighted by Crippen LogP contribution is 2.37. The third-order valence-corrected chi connectivity index (χ3v) is 7.03. The zero-order valence-electron chi connectivity index (χ0n) is 20.2. The van der Waals surface area contributed by atoms with Crippen molar-refractivity contribution in [3.05, 3.63) is 95.1 Å². The topological polar surface area (TPSA) is 84.8 Å².